The highest BCUT2D eigenvalue weighted by Crippen LogP contribution is 2.13. The van der Waals surface area contributed by atoms with Gasteiger partial charge in [-0.1, -0.05) is 0 Å². The van der Waals surface area contributed by atoms with E-state index in [-0.39, 0.29) is 6.54 Å². The van der Waals surface area contributed by atoms with Crippen molar-refractivity contribution in [2.75, 3.05) is 19.7 Å². The Morgan fingerprint density at radius 3 is 2.53 bits per heavy atom. The second kappa shape index (κ2) is 5.35. The molecule has 0 bridgehead atoms. The predicted molar refractivity (Wildman–Crippen MR) is 59.3 cm³/mol. The van der Waals surface area contributed by atoms with E-state index in [9.17, 15) is 9.59 Å². The first kappa shape index (κ1) is 13.8. The zero-order valence-corrected chi connectivity index (χ0v) is 10.7. The number of ether oxygens (including phenoxy) is 3. The Hall–Kier alpha value is -1.30. The molecule has 1 fully saturated rings. The summed E-state index contributed by atoms with van der Waals surface area (Å²) < 4.78 is 15.3. The summed E-state index contributed by atoms with van der Waals surface area (Å²) in [6.07, 6.45) is -1.12. The van der Waals surface area contributed by atoms with Crippen LogP contribution in [-0.4, -0.2) is 48.5 Å². The van der Waals surface area contributed by atoms with Crippen molar-refractivity contribution < 1.29 is 23.8 Å². The van der Waals surface area contributed by atoms with Crippen LogP contribution in [0, 0.1) is 0 Å². The number of esters is 1. The van der Waals surface area contributed by atoms with Gasteiger partial charge in [0.2, 0.25) is 6.29 Å². The first-order chi connectivity index (χ1) is 7.78. The molecule has 0 saturated carbocycles. The Morgan fingerprint density at radius 2 is 2.00 bits per heavy atom. The number of hydrogen-bond donors (Lipinski definition) is 0. The quantitative estimate of drug-likeness (QED) is 0.648. The lowest BCUT2D eigenvalue weighted by Gasteiger charge is -2.33. The minimum Gasteiger partial charge on any atom is -0.444 e. The normalized spacial score (nSPS) is 20.9. The Kier molecular flexibility index (Phi) is 4.34. The minimum absolute atomic E-state index is 0.203. The maximum Gasteiger partial charge on any atom is 0.410 e. The smallest absolute Gasteiger partial charge is 0.410 e. The molecular weight excluding hydrogens is 226 g/mol. The van der Waals surface area contributed by atoms with Crippen molar-refractivity contribution in [2.45, 2.75) is 39.6 Å². The molecule has 6 nitrogen and oxygen atoms in total. The molecule has 1 aliphatic heterocycles. The lowest BCUT2D eigenvalue weighted by atomic mass is 10.2. The third kappa shape index (κ3) is 5.04. The molecule has 1 atom stereocenters. The Balaban J connectivity index is 2.49. The maximum absolute atomic E-state index is 11.8. The number of morpholine rings is 1. The summed E-state index contributed by atoms with van der Waals surface area (Å²) in [6.45, 7) is 7.67. The highest BCUT2D eigenvalue weighted by molar-refractivity contribution is 5.68. The fraction of sp³-hybridized carbons (Fsp3) is 0.818. The van der Waals surface area contributed by atoms with Crippen molar-refractivity contribution in [3.8, 4) is 0 Å². The number of hydrogen-bond acceptors (Lipinski definition) is 5. The van der Waals surface area contributed by atoms with Gasteiger partial charge >= 0.3 is 12.1 Å². The van der Waals surface area contributed by atoms with Crippen LogP contribution >= 0.6 is 0 Å². The average Bonchev–Trinajstić information content (AvgIpc) is 2.14. The standard InChI is InChI=1S/C11H19NO5/c1-8(13)16-9-7-12(5-6-15-9)10(14)17-11(2,3)4/h9H,5-7H2,1-4H3/t9-/m1/s1. The van der Waals surface area contributed by atoms with E-state index in [1.807, 2.05) is 0 Å². The summed E-state index contributed by atoms with van der Waals surface area (Å²) in [5.74, 6) is -0.430. The molecule has 0 N–H and O–H groups in total. The lowest BCUT2D eigenvalue weighted by molar-refractivity contribution is -0.190. The molecule has 6 heteroatoms. The highest BCUT2D eigenvalue weighted by Gasteiger charge is 2.29. The molecule has 1 heterocycles. The van der Waals surface area contributed by atoms with Gasteiger partial charge in [-0.15, -0.1) is 0 Å². The summed E-state index contributed by atoms with van der Waals surface area (Å²) in [7, 11) is 0. The van der Waals surface area contributed by atoms with Gasteiger partial charge in [0.1, 0.15) is 5.60 Å². The summed E-state index contributed by atoms with van der Waals surface area (Å²) in [5.41, 5.74) is -0.535. The van der Waals surface area contributed by atoms with Gasteiger partial charge in [0, 0.05) is 13.5 Å². The monoisotopic (exact) mass is 245 g/mol. The van der Waals surface area contributed by atoms with E-state index < -0.39 is 24.0 Å². The van der Waals surface area contributed by atoms with Crippen molar-refractivity contribution in [1.29, 1.82) is 0 Å². The van der Waals surface area contributed by atoms with Gasteiger partial charge < -0.3 is 14.2 Å². The third-order valence-electron chi connectivity index (χ3n) is 1.98. The first-order valence-electron chi connectivity index (χ1n) is 5.55. The van der Waals surface area contributed by atoms with Crippen LogP contribution in [0.2, 0.25) is 0 Å². The Morgan fingerprint density at radius 1 is 1.35 bits per heavy atom. The van der Waals surface area contributed by atoms with E-state index in [0.717, 1.165) is 0 Å². The molecule has 0 spiro atoms. The number of carbonyl (C=O) groups excluding carboxylic acids is 2. The molecular formula is C11H19NO5. The summed E-state index contributed by atoms with van der Waals surface area (Å²) in [6, 6.07) is 0. The Bertz CT molecular complexity index is 297. The molecule has 1 rings (SSSR count). The maximum atomic E-state index is 11.8. The molecule has 0 aromatic heterocycles. The number of carbonyl (C=O) groups is 2. The average molecular weight is 245 g/mol. The molecule has 1 aliphatic rings. The molecule has 98 valence electrons. The Labute approximate surface area is 101 Å². The second-order valence-electron chi connectivity index (χ2n) is 4.84. The topological polar surface area (TPSA) is 65.1 Å². The van der Waals surface area contributed by atoms with Gasteiger partial charge in [0.05, 0.1) is 13.2 Å². The second-order valence-corrected chi connectivity index (χ2v) is 4.84. The fourth-order valence-corrected chi connectivity index (χ4v) is 1.37. The van der Waals surface area contributed by atoms with Gasteiger partial charge in [-0.05, 0) is 20.8 Å². The molecule has 0 aromatic carbocycles. The molecule has 17 heavy (non-hydrogen) atoms. The van der Waals surface area contributed by atoms with Crippen LogP contribution in [0.5, 0.6) is 0 Å². The highest BCUT2D eigenvalue weighted by atomic mass is 16.7. The van der Waals surface area contributed by atoms with Crippen LogP contribution in [0.25, 0.3) is 0 Å². The number of amides is 1. The zero-order chi connectivity index (χ0) is 13.1. The molecule has 0 aromatic rings. The van der Waals surface area contributed by atoms with Crippen LogP contribution < -0.4 is 0 Å². The summed E-state index contributed by atoms with van der Waals surface area (Å²) in [5, 5.41) is 0. The van der Waals surface area contributed by atoms with Crippen LogP contribution in [0.4, 0.5) is 4.79 Å². The van der Waals surface area contributed by atoms with Crippen molar-refractivity contribution >= 4 is 12.1 Å². The predicted octanol–water partition coefficient (Wildman–Crippen LogP) is 1.14. The lowest BCUT2D eigenvalue weighted by Crippen LogP contribution is -2.48. The van der Waals surface area contributed by atoms with Gasteiger partial charge in [0.25, 0.3) is 0 Å². The fourth-order valence-electron chi connectivity index (χ4n) is 1.37. The van der Waals surface area contributed by atoms with E-state index in [1.54, 1.807) is 20.8 Å². The number of nitrogens with zero attached hydrogens (tertiary/aromatic N) is 1. The summed E-state index contributed by atoms with van der Waals surface area (Å²) >= 11 is 0. The molecule has 0 radical (unpaired) electrons. The molecule has 1 saturated heterocycles. The third-order valence-corrected chi connectivity index (χ3v) is 1.98. The van der Waals surface area contributed by atoms with Gasteiger partial charge in [-0.2, -0.15) is 0 Å². The van der Waals surface area contributed by atoms with Crippen LogP contribution in [0.3, 0.4) is 0 Å². The minimum atomic E-state index is -0.700. The van der Waals surface area contributed by atoms with Gasteiger partial charge in [-0.3, -0.25) is 9.69 Å². The van der Waals surface area contributed by atoms with Crippen molar-refractivity contribution in [3.05, 3.63) is 0 Å². The summed E-state index contributed by atoms with van der Waals surface area (Å²) in [4.78, 5) is 24.0. The van der Waals surface area contributed by atoms with E-state index in [4.69, 9.17) is 14.2 Å². The zero-order valence-electron chi connectivity index (χ0n) is 10.7. The molecule has 0 aliphatic carbocycles. The van der Waals surface area contributed by atoms with Crippen LogP contribution in [-0.2, 0) is 19.0 Å². The molecule has 0 unspecified atom stereocenters. The number of rotatable bonds is 1. The SMILES string of the molecule is CC(=O)O[C@@H]1CN(C(=O)OC(C)(C)C)CCO1. The first-order valence-corrected chi connectivity index (χ1v) is 5.55. The van der Waals surface area contributed by atoms with E-state index in [0.29, 0.717) is 13.2 Å². The van der Waals surface area contributed by atoms with Crippen LogP contribution in [0.15, 0.2) is 0 Å². The van der Waals surface area contributed by atoms with Gasteiger partial charge in [0.15, 0.2) is 0 Å². The molecule has 1 amide bonds. The largest absolute Gasteiger partial charge is 0.444 e. The van der Waals surface area contributed by atoms with E-state index >= 15 is 0 Å². The van der Waals surface area contributed by atoms with E-state index in [1.165, 1.54) is 11.8 Å². The van der Waals surface area contributed by atoms with E-state index in [2.05, 4.69) is 0 Å². The van der Waals surface area contributed by atoms with Gasteiger partial charge in [-0.25, -0.2) is 4.79 Å². The van der Waals surface area contributed by atoms with Crippen LogP contribution in [0.1, 0.15) is 27.7 Å². The van der Waals surface area contributed by atoms with Crippen molar-refractivity contribution in [3.63, 3.8) is 0 Å². The van der Waals surface area contributed by atoms with Crippen molar-refractivity contribution in [2.24, 2.45) is 0 Å². The van der Waals surface area contributed by atoms with Crippen molar-refractivity contribution in [1.82, 2.24) is 4.90 Å².